The smallest absolute Gasteiger partial charge is 0.230 e. The van der Waals surface area contributed by atoms with Crippen LogP contribution in [0.4, 0.5) is 14.6 Å². The lowest BCUT2D eigenvalue weighted by Gasteiger charge is -2.12. The molecule has 6 nitrogen and oxygen atoms in total. The fourth-order valence-corrected chi connectivity index (χ4v) is 3.23. The highest BCUT2D eigenvalue weighted by atomic mass is 19.2. The lowest BCUT2D eigenvalue weighted by molar-refractivity contribution is -0.115. The van der Waals surface area contributed by atoms with E-state index in [1.54, 1.807) is 36.4 Å². The molecule has 1 heterocycles. The Hall–Kier alpha value is -4.17. The fraction of sp³-hybridized carbons (Fsp3) is 0.0800. The zero-order valence-electron chi connectivity index (χ0n) is 17.3. The molecule has 1 amide bonds. The first kappa shape index (κ1) is 22.0. The average molecular weight is 447 g/mol. The van der Waals surface area contributed by atoms with E-state index in [-0.39, 0.29) is 24.6 Å². The van der Waals surface area contributed by atoms with Crippen LogP contribution in [0.3, 0.4) is 0 Å². The molecule has 0 saturated heterocycles. The lowest BCUT2D eigenvalue weighted by atomic mass is 10.1. The van der Waals surface area contributed by atoms with E-state index in [1.807, 2.05) is 0 Å². The molecule has 0 bridgehead atoms. The summed E-state index contributed by atoms with van der Waals surface area (Å²) < 4.78 is 26.6. The van der Waals surface area contributed by atoms with E-state index in [1.165, 1.54) is 24.4 Å². The number of aliphatic hydroxyl groups excluding tert-OH is 1. The maximum Gasteiger partial charge on any atom is 0.230 e. The van der Waals surface area contributed by atoms with Crippen molar-refractivity contribution in [2.24, 2.45) is 0 Å². The van der Waals surface area contributed by atoms with Gasteiger partial charge < -0.3 is 15.5 Å². The summed E-state index contributed by atoms with van der Waals surface area (Å²) in [4.78, 5) is 21.6. The number of nitrogens with zero attached hydrogens (tertiary/aromatic N) is 2. The number of phenols is 1. The zero-order valence-corrected chi connectivity index (χ0v) is 17.3. The SMILES string of the molecule is O=C(Cc1ccc(F)c(F)c1)Nc1ncc(-c2ccc(CO)cc2)nc1-c1ccc(O)cc1. The number of hydrogen-bond acceptors (Lipinski definition) is 5. The quantitative estimate of drug-likeness (QED) is 0.405. The number of anilines is 1. The van der Waals surface area contributed by atoms with E-state index in [4.69, 9.17) is 0 Å². The molecule has 0 aliphatic rings. The number of aliphatic hydroxyl groups is 1. The number of phenolic OH excluding ortho intramolecular Hbond substituents is 1. The largest absolute Gasteiger partial charge is 0.508 e. The molecule has 0 radical (unpaired) electrons. The Morgan fingerprint density at radius 1 is 0.879 bits per heavy atom. The van der Waals surface area contributed by atoms with Gasteiger partial charge in [-0.2, -0.15) is 0 Å². The molecule has 0 aliphatic carbocycles. The van der Waals surface area contributed by atoms with E-state index in [2.05, 4.69) is 15.3 Å². The Bertz CT molecular complexity index is 1290. The second kappa shape index (κ2) is 9.54. The summed E-state index contributed by atoms with van der Waals surface area (Å²) in [6, 6.07) is 16.7. The third-order valence-electron chi connectivity index (χ3n) is 4.95. The van der Waals surface area contributed by atoms with E-state index in [0.717, 1.165) is 23.3 Å². The van der Waals surface area contributed by atoms with Gasteiger partial charge in [0.05, 0.1) is 24.9 Å². The minimum atomic E-state index is -1.03. The molecule has 166 valence electrons. The van der Waals surface area contributed by atoms with Crippen LogP contribution in [0.5, 0.6) is 5.75 Å². The van der Waals surface area contributed by atoms with Crippen LogP contribution in [0, 0.1) is 11.6 Å². The third kappa shape index (κ3) is 5.19. The number of hydrogen-bond donors (Lipinski definition) is 3. The van der Waals surface area contributed by atoms with Gasteiger partial charge in [0.1, 0.15) is 11.4 Å². The number of aromatic hydroxyl groups is 1. The number of amides is 1. The van der Waals surface area contributed by atoms with Gasteiger partial charge in [-0.05, 0) is 47.5 Å². The predicted octanol–water partition coefficient (Wildman–Crippen LogP) is 4.47. The van der Waals surface area contributed by atoms with Crippen molar-refractivity contribution >= 4 is 11.7 Å². The number of benzene rings is 3. The van der Waals surface area contributed by atoms with Crippen LogP contribution in [0.25, 0.3) is 22.5 Å². The van der Waals surface area contributed by atoms with Gasteiger partial charge in [-0.1, -0.05) is 30.3 Å². The number of carbonyl (C=O) groups is 1. The van der Waals surface area contributed by atoms with E-state index < -0.39 is 17.5 Å². The molecule has 0 unspecified atom stereocenters. The van der Waals surface area contributed by atoms with Crippen LogP contribution < -0.4 is 5.32 Å². The van der Waals surface area contributed by atoms with Crippen molar-refractivity contribution < 1.29 is 23.8 Å². The summed E-state index contributed by atoms with van der Waals surface area (Å²) >= 11 is 0. The maximum absolute atomic E-state index is 13.5. The highest BCUT2D eigenvalue weighted by molar-refractivity contribution is 5.94. The first-order valence-electron chi connectivity index (χ1n) is 10.0. The number of carbonyl (C=O) groups excluding carboxylic acids is 1. The lowest BCUT2D eigenvalue weighted by Crippen LogP contribution is -2.17. The van der Waals surface area contributed by atoms with Gasteiger partial charge in [-0.3, -0.25) is 4.79 Å². The summed E-state index contributed by atoms with van der Waals surface area (Å²) in [6.07, 6.45) is 1.32. The van der Waals surface area contributed by atoms with Crippen LogP contribution in [0.2, 0.25) is 0 Å². The molecule has 3 N–H and O–H groups in total. The van der Waals surface area contributed by atoms with Gasteiger partial charge in [0.2, 0.25) is 5.91 Å². The zero-order chi connectivity index (χ0) is 23.4. The van der Waals surface area contributed by atoms with Crippen molar-refractivity contribution in [2.45, 2.75) is 13.0 Å². The van der Waals surface area contributed by atoms with E-state index >= 15 is 0 Å². The number of nitrogens with one attached hydrogen (secondary N) is 1. The van der Waals surface area contributed by atoms with Gasteiger partial charge in [0.15, 0.2) is 17.5 Å². The second-order valence-corrected chi connectivity index (χ2v) is 7.33. The van der Waals surface area contributed by atoms with Crippen LogP contribution in [-0.2, 0) is 17.8 Å². The van der Waals surface area contributed by atoms with Gasteiger partial charge in [-0.25, -0.2) is 18.7 Å². The molecule has 0 atom stereocenters. The number of halogens is 2. The molecule has 4 aromatic rings. The molecule has 0 aliphatic heterocycles. The van der Waals surface area contributed by atoms with Gasteiger partial charge in [0, 0.05) is 11.1 Å². The van der Waals surface area contributed by atoms with Crippen LogP contribution in [-0.4, -0.2) is 26.1 Å². The van der Waals surface area contributed by atoms with Gasteiger partial charge in [0.25, 0.3) is 0 Å². The highest BCUT2D eigenvalue weighted by Gasteiger charge is 2.15. The van der Waals surface area contributed by atoms with Crippen molar-refractivity contribution in [1.29, 1.82) is 0 Å². The predicted molar refractivity (Wildman–Crippen MR) is 119 cm³/mol. The highest BCUT2D eigenvalue weighted by Crippen LogP contribution is 2.29. The van der Waals surface area contributed by atoms with Crippen molar-refractivity contribution in [3.05, 3.63) is 95.7 Å². The standard InChI is InChI=1S/C25H19F2N3O3/c26-20-10-3-16(11-21(20)27)12-23(33)30-25-24(18-6-8-19(32)9-7-18)29-22(13-28-25)17-4-1-15(14-31)2-5-17/h1-11,13,31-32H,12,14H2,(H,28,30,33). The summed E-state index contributed by atoms with van der Waals surface area (Å²) in [5.74, 6) is -2.23. The van der Waals surface area contributed by atoms with Crippen molar-refractivity contribution in [3.63, 3.8) is 0 Å². The van der Waals surface area contributed by atoms with Crippen LogP contribution >= 0.6 is 0 Å². The molecule has 8 heteroatoms. The monoisotopic (exact) mass is 447 g/mol. The molecule has 0 saturated carbocycles. The molecule has 1 aromatic heterocycles. The molecular weight excluding hydrogens is 428 g/mol. The molecule has 0 fully saturated rings. The Kier molecular flexibility index (Phi) is 6.37. The van der Waals surface area contributed by atoms with Crippen molar-refractivity contribution in [3.8, 4) is 28.3 Å². The minimum absolute atomic E-state index is 0.0754. The Morgan fingerprint density at radius 3 is 2.21 bits per heavy atom. The van der Waals surface area contributed by atoms with Gasteiger partial charge in [-0.15, -0.1) is 0 Å². The molecular formula is C25H19F2N3O3. The topological polar surface area (TPSA) is 95.3 Å². The Labute approximate surface area is 188 Å². The minimum Gasteiger partial charge on any atom is -0.508 e. The summed E-state index contributed by atoms with van der Waals surface area (Å²) in [5, 5.41) is 21.5. The number of aromatic nitrogens is 2. The second-order valence-electron chi connectivity index (χ2n) is 7.33. The first-order chi connectivity index (χ1) is 15.9. The summed E-state index contributed by atoms with van der Waals surface area (Å²) in [6.45, 7) is -0.0758. The molecule has 4 rings (SSSR count). The molecule has 3 aromatic carbocycles. The Morgan fingerprint density at radius 2 is 1.55 bits per heavy atom. The summed E-state index contributed by atoms with van der Waals surface area (Å²) in [5.41, 5.74) is 3.35. The fourth-order valence-electron chi connectivity index (χ4n) is 3.23. The van der Waals surface area contributed by atoms with Gasteiger partial charge >= 0.3 is 0 Å². The van der Waals surface area contributed by atoms with E-state index in [9.17, 15) is 23.8 Å². The number of rotatable bonds is 6. The third-order valence-corrected chi connectivity index (χ3v) is 4.95. The summed E-state index contributed by atoms with van der Waals surface area (Å²) in [7, 11) is 0. The van der Waals surface area contributed by atoms with Crippen molar-refractivity contribution in [2.75, 3.05) is 5.32 Å². The van der Waals surface area contributed by atoms with Crippen LogP contribution in [0.15, 0.2) is 72.9 Å². The van der Waals surface area contributed by atoms with E-state index in [0.29, 0.717) is 22.5 Å². The van der Waals surface area contributed by atoms with Crippen molar-refractivity contribution in [1.82, 2.24) is 9.97 Å². The molecule has 0 spiro atoms. The maximum atomic E-state index is 13.5. The normalized spacial score (nSPS) is 10.8. The Balaban J connectivity index is 1.66. The van der Waals surface area contributed by atoms with Crippen LogP contribution in [0.1, 0.15) is 11.1 Å². The average Bonchev–Trinajstić information content (AvgIpc) is 2.82. The molecule has 33 heavy (non-hydrogen) atoms. The first-order valence-corrected chi connectivity index (χ1v) is 10.0.